The van der Waals surface area contributed by atoms with Gasteiger partial charge in [-0.3, -0.25) is 0 Å². The second kappa shape index (κ2) is 11.0. The molecule has 0 amide bonds. The van der Waals surface area contributed by atoms with Crippen molar-refractivity contribution in [3.63, 3.8) is 0 Å². The molecule has 0 aromatic heterocycles. The number of benzene rings is 3. The second-order valence-electron chi connectivity index (χ2n) is 6.68. The molecule has 6 heteroatoms. The first-order valence-electron chi connectivity index (χ1n) is 9.58. The molecule has 156 valence electrons. The summed E-state index contributed by atoms with van der Waals surface area (Å²) in [5.74, 6) is 0.273. The Balaban J connectivity index is 1.74. The molecule has 0 fully saturated rings. The maximum atomic E-state index is 12.4. The Morgan fingerprint density at radius 1 is 0.800 bits per heavy atom. The molecule has 1 atom stereocenters. The lowest BCUT2D eigenvalue weighted by Crippen LogP contribution is -2.22. The zero-order valence-corrected chi connectivity index (χ0v) is 16.4. The van der Waals surface area contributed by atoms with Crippen LogP contribution >= 0.6 is 0 Å². The molecule has 0 heterocycles. The van der Waals surface area contributed by atoms with Crippen LogP contribution in [0, 0.1) is 0 Å². The lowest BCUT2D eigenvalue weighted by atomic mass is 10.2. The molecule has 0 saturated heterocycles. The van der Waals surface area contributed by atoms with Crippen molar-refractivity contribution >= 4 is 5.97 Å². The predicted molar refractivity (Wildman–Crippen MR) is 111 cm³/mol. The van der Waals surface area contributed by atoms with E-state index in [9.17, 15) is 9.90 Å². The Morgan fingerprint density at radius 2 is 1.30 bits per heavy atom. The summed E-state index contributed by atoms with van der Waals surface area (Å²) < 4.78 is 16.7. The number of hydrogen-bond donors (Lipinski definition) is 2. The third-order valence-corrected chi connectivity index (χ3v) is 4.23. The van der Waals surface area contributed by atoms with E-state index in [-0.39, 0.29) is 12.2 Å². The maximum absolute atomic E-state index is 12.4. The number of ether oxygens (including phenoxy) is 3. The van der Waals surface area contributed by atoms with E-state index in [1.165, 1.54) is 0 Å². The van der Waals surface area contributed by atoms with Crippen molar-refractivity contribution in [3.8, 4) is 11.5 Å². The minimum atomic E-state index is -1.12. The van der Waals surface area contributed by atoms with Crippen molar-refractivity contribution in [2.75, 3.05) is 13.2 Å². The molecule has 0 spiro atoms. The first kappa shape index (κ1) is 21.4. The minimum absolute atomic E-state index is 0.230. The van der Waals surface area contributed by atoms with E-state index in [2.05, 4.69) is 0 Å². The van der Waals surface area contributed by atoms with Crippen LogP contribution in [0.2, 0.25) is 0 Å². The average molecular weight is 408 g/mol. The highest BCUT2D eigenvalue weighted by Gasteiger charge is 2.14. The molecule has 0 radical (unpaired) electrons. The number of carbonyl (C=O) groups is 1. The third kappa shape index (κ3) is 6.62. The third-order valence-electron chi connectivity index (χ3n) is 4.23. The number of esters is 1. The highest BCUT2D eigenvalue weighted by atomic mass is 16.5. The van der Waals surface area contributed by atoms with Crippen molar-refractivity contribution in [1.82, 2.24) is 0 Å². The first-order valence-corrected chi connectivity index (χ1v) is 9.58. The van der Waals surface area contributed by atoms with E-state index in [1.54, 1.807) is 18.2 Å². The van der Waals surface area contributed by atoms with Gasteiger partial charge in [-0.05, 0) is 23.3 Å². The Labute approximate surface area is 175 Å². The van der Waals surface area contributed by atoms with E-state index < -0.39 is 18.7 Å². The van der Waals surface area contributed by atoms with E-state index in [4.69, 9.17) is 19.3 Å². The van der Waals surface area contributed by atoms with Gasteiger partial charge < -0.3 is 24.4 Å². The monoisotopic (exact) mass is 408 g/mol. The number of carbonyl (C=O) groups excluding carboxylic acids is 1. The Bertz CT molecular complexity index is 865. The zero-order valence-electron chi connectivity index (χ0n) is 16.4. The second-order valence-corrected chi connectivity index (χ2v) is 6.68. The molecular formula is C24H24O6. The van der Waals surface area contributed by atoms with Crippen LogP contribution in [-0.4, -0.2) is 35.5 Å². The molecule has 6 nitrogen and oxygen atoms in total. The van der Waals surface area contributed by atoms with Crippen LogP contribution in [0.15, 0.2) is 78.9 Å². The number of rotatable bonds is 10. The van der Waals surface area contributed by atoms with E-state index >= 15 is 0 Å². The molecule has 0 saturated carbocycles. The van der Waals surface area contributed by atoms with Crippen LogP contribution in [0.1, 0.15) is 21.5 Å². The maximum Gasteiger partial charge on any atom is 0.338 e. The van der Waals surface area contributed by atoms with Gasteiger partial charge in [-0.15, -0.1) is 0 Å². The Morgan fingerprint density at radius 3 is 1.77 bits per heavy atom. The van der Waals surface area contributed by atoms with Gasteiger partial charge in [0.15, 0.2) is 0 Å². The van der Waals surface area contributed by atoms with Crippen LogP contribution in [0.25, 0.3) is 0 Å². The predicted octanol–water partition coefficient (Wildman–Crippen LogP) is 3.35. The van der Waals surface area contributed by atoms with Crippen LogP contribution in [0.5, 0.6) is 11.5 Å². The highest BCUT2D eigenvalue weighted by Crippen LogP contribution is 2.25. The molecule has 0 aliphatic rings. The summed E-state index contributed by atoms with van der Waals surface area (Å²) in [5, 5.41) is 18.3. The van der Waals surface area contributed by atoms with Crippen LogP contribution < -0.4 is 9.47 Å². The van der Waals surface area contributed by atoms with Gasteiger partial charge in [0.1, 0.15) is 37.4 Å². The number of aliphatic hydroxyl groups is 2. The van der Waals surface area contributed by atoms with Gasteiger partial charge in [-0.2, -0.15) is 0 Å². The van der Waals surface area contributed by atoms with Crippen molar-refractivity contribution in [2.45, 2.75) is 19.3 Å². The molecule has 3 aromatic rings. The summed E-state index contributed by atoms with van der Waals surface area (Å²) in [6, 6.07) is 24.2. The molecular weight excluding hydrogens is 384 g/mol. The van der Waals surface area contributed by atoms with Gasteiger partial charge in [0.25, 0.3) is 0 Å². The van der Waals surface area contributed by atoms with Crippen molar-refractivity contribution < 1.29 is 29.2 Å². The lowest BCUT2D eigenvalue weighted by Gasteiger charge is -2.13. The summed E-state index contributed by atoms with van der Waals surface area (Å²) in [6.07, 6.45) is -1.12. The summed E-state index contributed by atoms with van der Waals surface area (Å²) in [4.78, 5) is 12.4. The molecule has 3 rings (SSSR count). The molecule has 1 unspecified atom stereocenters. The normalized spacial score (nSPS) is 11.5. The van der Waals surface area contributed by atoms with Crippen molar-refractivity contribution in [1.29, 1.82) is 0 Å². The zero-order chi connectivity index (χ0) is 21.2. The molecule has 2 N–H and O–H groups in total. The quantitative estimate of drug-likeness (QED) is 0.501. The van der Waals surface area contributed by atoms with Gasteiger partial charge >= 0.3 is 5.97 Å². The minimum Gasteiger partial charge on any atom is -0.489 e. The van der Waals surface area contributed by atoms with Crippen LogP contribution in [0.4, 0.5) is 0 Å². The van der Waals surface area contributed by atoms with Gasteiger partial charge in [0.05, 0.1) is 12.2 Å². The summed E-state index contributed by atoms with van der Waals surface area (Å²) in [6.45, 7) is -0.120. The largest absolute Gasteiger partial charge is 0.489 e. The highest BCUT2D eigenvalue weighted by molar-refractivity contribution is 5.90. The van der Waals surface area contributed by atoms with Crippen LogP contribution in [-0.2, 0) is 18.0 Å². The summed E-state index contributed by atoms with van der Waals surface area (Å²) in [5.41, 5.74) is 2.21. The molecule has 3 aromatic carbocycles. The fraction of sp³-hybridized carbons (Fsp3) is 0.208. The topological polar surface area (TPSA) is 85.2 Å². The van der Waals surface area contributed by atoms with Crippen LogP contribution in [0.3, 0.4) is 0 Å². The Kier molecular flexibility index (Phi) is 7.83. The number of aliphatic hydroxyl groups excluding tert-OH is 2. The SMILES string of the molecule is O=C(OCC(O)CO)c1cc(OCc2ccccc2)cc(OCc2ccccc2)c1. The molecule has 0 aliphatic carbocycles. The lowest BCUT2D eigenvalue weighted by molar-refractivity contribution is 0.00927. The van der Waals surface area contributed by atoms with Crippen molar-refractivity contribution in [3.05, 3.63) is 95.6 Å². The molecule has 0 aliphatic heterocycles. The molecule has 0 bridgehead atoms. The summed E-state index contributed by atoms with van der Waals surface area (Å²) in [7, 11) is 0. The average Bonchev–Trinajstić information content (AvgIpc) is 2.80. The fourth-order valence-electron chi connectivity index (χ4n) is 2.65. The van der Waals surface area contributed by atoms with E-state index in [0.29, 0.717) is 24.7 Å². The van der Waals surface area contributed by atoms with Gasteiger partial charge in [0, 0.05) is 6.07 Å². The van der Waals surface area contributed by atoms with Gasteiger partial charge in [-0.1, -0.05) is 60.7 Å². The Hall–Kier alpha value is -3.35. The number of hydrogen-bond acceptors (Lipinski definition) is 6. The molecule has 30 heavy (non-hydrogen) atoms. The fourth-order valence-corrected chi connectivity index (χ4v) is 2.65. The smallest absolute Gasteiger partial charge is 0.338 e. The standard InChI is InChI=1S/C24H24O6/c25-14-21(26)17-30-24(27)20-11-22(28-15-18-7-3-1-4-8-18)13-23(12-20)29-16-19-9-5-2-6-10-19/h1-13,21,25-26H,14-17H2. The van der Waals surface area contributed by atoms with E-state index in [1.807, 2.05) is 60.7 Å². The first-order chi connectivity index (χ1) is 14.6. The van der Waals surface area contributed by atoms with Gasteiger partial charge in [-0.25, -0.2) is 4.79 Å². The van der Waals surface area contributed by atoms with Gasteiger partial charge in [0.2, 0.25) is 0 Å². The summed E-state index contributed by atoms with van der Waals surface area (Å²) >= 11 is 0. The van der Waals surface area contributed by atoms with Crippen molar-refractivity contribution in [2.24, 2.45) is 0 Å². The van der Waals surface area contributed by atoms with E-state index in [0.717, 1.165) is 11.1 Å².